The van der Waals surface area contributed by atoms with Crippen LogP contribution in [0.5, 0.6) is 0 Å². The highest BCUT2D eigenvalue weighted by molar-refractivity contribution is 5.98. The fourth-order valence-electron chi connectivity index (χ4n) is 2.46. The highest BCUT2D eigenvalue weighted by atomic mass is 16.5. The summed E-state index contributed by atoms with van der Waals surface area (Å²) >= 11 is 0. The summed E-state index contributed by atoms with van der Waals surface area (Å²) in [5.74, 6) is -0.760. The van der Waals surface area contributed by atoms with Crippen LogP contribution >= 0.6 is 0 Å². The summed E-state index contributed by atoms with van der Waals surface area (Å²) in [5.41, 5.74) is 2.80. The normalized spacial score (nSPS) is 10.4. The number of benzene rings is 2. The average Bonchev–Trinajstić information content (AvgIpc) is 2.78. The largest absolute Gasteiger partial charge is 0.461 e. The van der Waals surface area contributed by atoms with Crippen LogP contribution in [0.2, 0.25) is 0 Å². The van der Waals surface area contributed by atoms with Crippen LogP contribution in [0.25, 0.3) is 0 Å². The van der Waals surface area contributed by atoms with Gasteiger partial charge in [0.2, 0.25) is 5.91 Å². The van der Waals surface area contributed by atoms with E-state index in [2.05, 4.69) is 28.7 Å². The van der Waals surface area contributed by atoms with Crippen LogP contribution in [0.1, 0.15) is 0 Å². The Balaban J connectivity index is 1.97. The minimum Gasteiger partial charge on any atom is -0.461 e. The van der Waals surface area contributed by atoms with Crippen LogP contribution in [0.15, 0.2) is 84.1 Å². The number of hydrogen-bond donors (Lipinski definition) is 2. The Morgan fingerprint density at radius 1 is 0.967 bits per heavy atom. The molecule has 2 aromatic carbocycles. The average molecular weight is 408 g/mol. The summed E-state index contributed by atoms with van der Waals surface area (Å²) in [5, 5.41) is 20.3. The van der Waals surface area contributed by atoms with Gasteiger partial charge in [-0.15, -0.1) is 0 Å². The maximum atomic E-state index is 11.3. The second kappa shape index (κ2) is 11.9. The van der Waals surface area contributed by atoms with E-state index in [1.165, 1.54) is 6.08 Å². The Kier molecular flexibility index (Phi) is 8.95. The van der Waals surface area contributed by atoms with Crippen LogP contribution in [0.3, 0.4) is 0 Å². The molecule has 0 aromatic heterocycles. The van der Waals surface area contributed by atoms with Crippen LogP contribution in [0.4, 0.5) is 22.7 Å². The van der Waals surface area contributed by atoms with Gasteiger partial charge in [-0.05, 0) is 54.6 Å². The molecule has 0 aliphatic heterocycles. The van der Waals surface area contributed by atoms with E-state index in [-0.39, 0.29) is 19.1 Å². The van der Waals surface area contributed by atoms with Crippen molar-refractivity contribution in [2.24, 2.45) is 10.2 Å². The first-order chi connectivity index (χ1) is 14.5. The van der Waals surface area contributed by atoms with Crippen LogP contribution in [0, 0.1) is 0 Å². The predicted molar refractivity (Wildman–Crippen MR) is 116 cm³/mol. The molecule has 1 amide bonds. The van der Waals surface area contributed by atoms with Gasteiger partial charge < -0.3 is 20.1 Å². The topological polar surface area (TPSA) is 104 Å². The number of ether oxygens (including phenoxy) is 1. The number of nitrogens with zero attached hydrogens (tertiary/aromatic N) is 3. The zero-order valence-electron chi connectivity index (χ0n) is 16.5. The summed E-state index contributed by atoms with van der Waals surface area (Å²) in [6, 6.07) is 14.2. The lowest BCUT2D eigenvalue weighted by Gasteiger charge is -2.23. The molecule has 0 heterocycles. The molecule has 0 spiro atoms. The molecule has 2 rings (SSSR count). The van der Waals surface area contributed by atoms with E-state index >= 15 is 0 Å². The number of hydrogen-bond acceptors (Lipinski definition) is 7. The van der Waals surface area contributed by atoms with Gasteiger partial charge in [-0.25, -0.2) is 4.79 Å². The number of azo groups is 1. The number of aliphatic hydroxyl groups excluding tert-OH is 1. The molecule has 0 unspecified atom stereocenters. The predicted octanol–water partition coefficient (Wildman–Crippen LogP) is 3.75. The van der Waals surface area contributed by atoms with Gasteiger partial charge in [0.05, 0.1) is 24.5 Å². The fraction of sp³-hybridized carbons (Fsp3) is 0.182. The van der Waals surface area contributed by atoms with Crippen molar-refractivity contribution in [2.45, 2.75) is 0 Å². The quantitative estimate of drug-likeness (QED) is 0.335. The van der Waals surface area contributed by atoms with Crippen LogP contribution in [-0.2, 0) is 14.3 Å². The van der Waals surface area contributed by atoms with Gasteiger partial charge in [-0.3, -0.25) is 4.79 Å². The smallest absolute Gasteiger partial charge is 0.330 e. The van der Waals surface area contributed by atoms with Crippen molar-refractivity contribution in [3.05, 3.63) is 73.8 Å². The molecule has 156 valence electrons. The standard InChI is InChI=1S/C22H24N4O4/c1-3-21(28)23-17-5-7-18(8-6-17)24-25-19-9-11-20(12-10-19)26(13-15-27)14-16-30-22(29)4-2/h3-12,27H,1-2,13-16H2,(H,23,28)/b25-24+. The summed E-state index contributed by atoms with van der Waals surface area (Å²) in [4.78, 5) is 24.3. The molecule has 8 heteroatoms. The third-order valence-corrected chi connectivity index (χ3v) is 3.96. The monoisotopic (exact) mass is 408 g/mol. The molecule has 0 atom stereocenters. The highest BCUT2D eigenvalue weighted by Gasteiger charge is 2.07. The molecule has 0 fully saturated rings. The summed E-state index contributed by atoms with van der Waals surface area (Å²) in [6.45, 7) is 7.77. The van der Waals surface area contributed by atoms with E-state index in [9.17, 15) is 14.7 Å². The van der Waals surface area contributed by atoms with Gasteiger partial charge in [-0.1, -0.05) is 13.2 Å². The second-order valence-electron chi connectivity index (χ2n) is 6.04. The van der Waals surface area contributed by atoms with Crippen molar-refractivity contribution < 1.29 is 19.4 Å². The number of anilines is 2. The zero-order valence-corrected chi connectivity index (χ0v) is 16.5. The van der Waals surface area contributed by atoms with Crippen LogP contribution < -0.4 is 10.2 Å². The lowest BCUT2D eigenvalue weighted by molar-refractivity contribution is -0.137. The van der Waals surface area contributed by atoms with Gasteiger partial charge >= 0.3 is 5.97 Å². The lowest BCUT2D eigenvalue weighted by Crippen LogP contribution is -2.30. The van der Waals surface area contributed by atoms with E-state index in [0.29, 0.717) is 30.2 Å². The Morgan fingerprint density at radius 2 is 1.57 bits per heavy atom. The molecule has 0 aliphatic carbocycles. The number of carbonyl (C=O) groups excluding carboxylic acids is 2. The SMILES string of the molecule is C=CC(=O)Nc1ccc(/N=N/c2ccc(N(CCO)CCOC(=O)C=C)cc2)cc1. The molecule has 0 bridgehead atoms. The van der Waals surface area contributed by atoms with E-state index in [1.807, 2.05) is 17.0 Å². The summed E-state index contributed by atoms with van der Waals surface area (Å²) < 4.78 is 4.99. The van der Waals surface area contributed by atoms with Crippen LogP contribution in [-0.4, -0.2) is 43.3 Å². The van der Waals surface area contributed by atoms with Gasteiger partial charge in [-0.2, -0.15) is 10.2 Å². The van der Waals surface area contributed by atoms with Gasteiger partial charge in [0.1, 0.15) is 6.61 Å². The van der Waals surface area contributed by atoms with Crippen molar-refractivity contribution in [3.8, 4) is 0 Å². The Hall–Kier alpha value is -3.78. The first-order valence-corrected chi connectivity index (χ1v) is 9.26. The minimum absolute atomic E-state index is 0.0277. The van der Waals surface area contributed by atoms with Crippen molar-refractivity contribution in [2.75, 3.05) is 36.5 Å². The molecule has 2 aromatic rings. The maximum Gasteiger partial charge on any atom is 0.330 e. The van der Waals surface area contributed by atoms with Crippen molar-refractivity contribution in [3.63, 3.8) is 0 Å². The molecule has 8 nitrogen and oxygen atoms in total. The first-order valence-electron chi connectivity index (χ1n) is 9.26. The Morgan fingerprint density at radius 3 is 2.10 bits per heavy atom. The molecule has 0 aliphatic rings. The van der Waals surface area contributed by atoms with Crippen molar-refractivity contribution >= 4 is 34.6 Å². The fourth-order valence-corrected chi connectivity index (χ4v) is 2.46. The Bertz CT molecular complexity index is 892. The number of carbonyl (C=O) groups is 2. The molecular weight excluding hydrogens is 384 g/mol. The number of nitrogens with one attached hydrogen (secondary N) is 1. The van der Waals surface area contributed by atoms with Gasteiger partial charge in [0, 0.05) is 24.0 Å². The lowest BCUT2D eigenvalue weighted by atomic mass is 10.2. The highest BCUT2D eigenvalue weighted by Crippen LogP contribution is 2.23. The van der Waals surface area contributed by atoms with E-state index in [4.69, 9.17) is 4.74 Å². The third kappa shape index (κ3) is 7.33. The number of aliphatic hydroxyl groups is 1. The minimum atomic E-state index is -0.481. The second-order valence-corrected chi connectivity index (χ2v) is 6.04. The third-order valence-electron chi connectivity index (χ3n) is 3.96. The molecular formula is C22H24N4O4. The molecule has 2 N–H and O–H groups in total. The molecule has 0 saturated heterocycles. The van der Waals surface area contributed by atoms with Crippen molar-refractivity contribution in [1.82, 2.24) is 0 Å². The van der Waals surface area contributed by atoms with E-state index in [1.54, 1.807) is 36.4 Å². The summed E-state index contributed by atoms with van der Waals surface area (Å²) in [6.07, 6.45) is 2.31. The number of rotatable bonds is 11. The maximum absolute atomic E-state index is 11.3. The molecule has 0 radical (unpaired) electrons. The summed E-state index contributed by atoms with van der Waals surface area (Å²) in [7, 11) is 0. The number of esters is 1. The van der Waals surface area contributed by atoms with E-state index < -0.39 is 5.97 Å². The van der Waals surface area contributed by atoms with Gasteiger partial charge in [0.15, 0.2) is 0 Å². The molecule has 0 saturated carbocycles. The number of amides is 1. The van der Waals surface area contributed by atoms with E-state index in [0.717, 1.165) is 11.8 Å². The Labute approximate surface area is 175 Å². The van der Waals surface area contributed by atoms with Gasteiger partial charge in [0.25, 0.3) is 0 Å². The first kappa shape index (κ1) is 22.5. The van der Waals surface area contributed by atoms with Crippen molar-refractivity contribution in [1.29, 1.82) is 0 Å². The zero-order chi connectivity index (χ0) is 21.8. The molecule has 30 heavy (non-hydrogen) atoms.